The van der Waals surface area contributed by atoms with Gasteiger partial charge in [0.1, 0.15) is 23.6 Å². The van der Waals surface area contributed by atoms with Gasteiger partial charge in [0.15, 0.2) is 5.41 Å². The molecule has 3 fully saturated rings. The molecule has 0 radical (unpaired) electrons. The molecule has 2 aromatic carbocycles. The van der Waals surface area contributed by atoms with Crippen LogP contribution in [0.3, 0.4) is 0 Å². The van der Waals surface area contributed by atoms with Gasteiger partial charge >= 0.3 is 41.6 Å². The van der Waals surface area contributed by atoms with Crippen LogP contribution in [-0.2, 0) is 65.4 Å². The summed E-state index contributed by atoms with van der Waals surface area (Å²) in [7, 11) is 3.68. The zero-order chi connectivity index (χ0) is 59.9. The largest absolute Gasteiger partial charge is 0.480 e. The van der Waals surface area contributed by atoms with Crippen molar-refractivity contribution >= 4 is 70.7 Å². The molecule has 0 unspecified atom stereocenters. The SMILES string of the molecule is CCc1ccc(NC(=O)OCC2(C(=O)NCc3cccc(F)c3C)CCN(C(=O)CN)CC2)cc1.COC(=O)C1(C(=O)O)CCN(C(=O)OC(C)(C)C)CC1.COC(=O)C1(CO)CCN(C(=O)OC(C)(C)C)CC1.COC(=O)Cl. The molecule has 0 bridgehead atoms. The van der Waals surface area contributed by atoms with Gasteiger partial charge in [-0.25, -0.2) is 23.6 Å². The summed E-state index contributed by atoms with van der Waals surface area (Å²) in [6, 6.07) is 12.1. The predicted octanol–water partition coefficient (Wildman–Crippen LogP) is 6.55. The molecule has 25 heteroatoms. The number of methoxy groups -OCH3 is 3. The number of esters is 2. The molecular weight excluding hydrogens is 1060 g/mol. The van der Waals surface area contributed by atoms with E-state index in [4.69, 9.17) is 24.7 Å². The normalized spacial score (nSPS) is 16.2. The highest BCUT2D eigenvalue weighted by molar-refractivity contribution is 6.61. The van der Waals surface area contributed by atoms with E-state index in [9.17, 15) is 57.8 Å². The van der Waals surface area contributed by atoms with Gasteiger partial charge in [-0.05, 0) is 128 Å². The molecule has 2 aromatic rings. The number of hydrogen-bond acceptors (Lipinski definition) is 17. The number of likely N-dealkylation sites (tertiary alicyclic amines) is 3. The minimum Gasteiger partial charge on any atom is -0.480 e. The van der Waals surface area contributed by atoms with Crippen LogP contribution >= 0.6 is 11.6 Å². The molecule has 5 amide bonds. The van der Waals surface area contributed by atoms with Gasteiger partial charge in [-0.3, -0.25) is 29.3 Å². The lowest BCUT2D eigenvalue weighted by Crippen LogP contribution is -2.53. The molecule has 0 aliphatic carbocycles. The second-order valence-corrected chi connectivity index (χ2v) is 21.3. The fourth-order valence-corrected chi connectivity index (χ4v) is 8.32. The first-order chi connectivity index (χ1) is 36.9. The van der Waals surface area contributed by atoms with E-state index in [1.165, 1.54) is 25.2 Å². The lowest BCUT2D eigenvalue weighted by atomic mass is 9.78. The van der Waals surface area contributed by atoms with E-state index >= 15 is 0 Å². The number of carbonyl (C=O) groups is 9. The van der Waals surface area contributed by atoms with Gasteiger partial charge in [-0.15, -0.1) is 0 Å². The van der Waals surface area contributed by atoms with Gasteiger partial charge in [0.05, 0.1) is 45.3 Å². The Labute approximate surface area is 466 Å². The minimum absolute atomic E-state index is 0.0221. The monoisotopic (exact) mass is 1140 g/mol. The summed E-state index contributed by atoms with van der Waals surface area (Å²) in [4.78, 5) is 110. The van der Waals surface area contributed by atoms with Crippen molar-refractivity contribution in [1.82, 2.24) is 20.0 Å². The summed E-state index contributed by atoms with van der Waals surface area (Å²) in [5.74, 6) is -3.24. The zero-order valence-corrected chi connectivity index (χ0v) is 48.0. The van der Waals surface area contributed by atoms with Crippen LogP contribution in [0.4, 0.5) is 29.3 Å². The third kappa shape index (κ3) is 21.1. The Hall–Kier alpha value is -6.79. The lowest BCUT2D eigenvalue weighted by Gasteiger charge is -2.40. The van der Waals surface area contributed by atoms with Crippen molar-refractivity contribution < 1.29 is 86.2 Å². The average molecular weight is 1140 g/mol. The Kier molecular flexibility index (Phi) is 26.9. The van der Waals surface area contributed by atoms with E-state index in [-0.39, 0.29) is 76.0 Å². The summed E-state index contributed by atoms with van der Waals surface area (Å²) in [5.41, 5.74) is 2.97. The number of piperidine rings is 3. The number of nitrogens with two attached hydrogens (primary N) is 1. The lowest BCUT2D eigenvalue weighted by molar-refractivity contribution is -0.170. The van der Waals surface area contributed by atoms with E-state index in [2.05, 4.69) is 31.7 Å². The summed E-state index contributed by atoms with van der Waals surface area (Å²) >= 11 is 4.60. The number of anilines is 1. The highest BCUT2D eigenvalue weighted by Gasteiger charge is 2.51. The first-order valence-corrected chi connectivity index (χ1v) is 26.0. The summed E-state index contributed by atoms with van der Waals surface area (Å²) in [6.45, 7) is 15.7. The average Bonchev–Trinajstić information content (AvgIpc) is 3.42. The Balaban J connectivity index is 0.000000413. The number of aliphatic hydroxyl groups excluding tert-OH is 1. The van der Waals surface area contributed by atoms with Crippen LogP contribution in [0.2, 0.25) is 0 Å². The van der Waals surface area contributed by atoms with Crippen LogP contribution in [0.5, 0.6) is 0 Å². The maximum absolute atomic E-state index is 13.9. The highest BCUT2D eigenvalue weighted by Crippen LogP contribution is 2.36. The fourth-order valence-electron chi connectivity index (χ4n) is 8.32. The maximum Gasteiger partial charge on any atom is 0.411 e. The number of aryl methyl sites for hydroxylation is 1. The van der Waals surface area contributed by atoms with Crippen molar-refractivity contribution in [2.45, 2.75) is 118 Å². The summed E-state index contributed by atoms with van der Waals surface area (Å²) < 4.78 is 43.0. The number of rotatable bonds is 12. The Bertz CT molecular complexity index is 2390. The van der Waals surface area contributed by atoms with E-state index in [1.54, 1.807) is 82.5 Å². The molecule has 3 saturated heterocycles. The van der Waals surface area contributed by atoms with Crippen LogP contribution in [0.15, 0.2) is 42.5 Å². The molecule has 3 heterocycles. The third-order valence-corrected chi connectivity index (χ3v) is 13.5. The Morgan fingerprint density at radius 2 is 1.18 bits per heavy atom. The van der Waals surface area contributed by atoms with Crippen molar-refractivity contribution in [2.75, 3.05) is 85.7 Å². The van der Waals surface area contributed by atoms with Crippen molar-refractivity contribution in [3.63, 3.8) is 0 Å². The van der Waals surface area contributed by atoms with Gasteiger partial charge in [0, 0.05) is 63.1 Å². The van der Waals surface area contributed by atoms with Gasteiger partial charge in [0.25, 0.3) is 0 Å². The molecule has 0 aromatic heterocycles. The van der Waals surface area contributed by atoms with Crippen LogP contribution in [0.25, 0.3) is 0 Å². The van der Waals surface area contributed by atoms with Crippen molar-refractivity contribution in [2.24, 2.45) is 22.0 Å². The molecule has 0 saturated carbocycles. The molecule has 0 spiro atoms. The zero-order valence-electron chi connectivity index (χ0n) is 47.3. The Morgan fingerprint density at radius 3 is 1.59 bits per heavy atom. The number of amides is 5. The number of ether oxygens (including phenoxy) is 6. The summed E-state index contributed by atoms with van der Waals surface area (Å²) in [6.07, 6.45) is 0.776. The first-order valence-electron chi connectivity index (χ1n) is 25.6. The molecule has 0 atom stereocenters. The number of benzene rings is 2. The number of halogens is 2. The molecule has 79 heavy (non-hydrogen) atoms. The van der Waals surface area contributed by atoms with Gasteiger partial charge < -0.3 is 64.4 Å². The number of carbonyl (C=O) groups excluding carboxylic acids is 8. The summed E-state index contributed by atoms with van der Waals surface area (Å²) in [5, 5.41) is 24.2. The van der Waals surface area contributed by atoms with Crippen LogP contribution in [0.1, 0.15) is 104 Å². The number of nitrogens with one attached hydrogen (secondary N) is 2. The van der Waals surface area contributed by atoms with Crippen LogP contribution in [-0.4, -0.2) is 170 Å². The van der Waals surface area contributed by atoms with E-state index in [1.807, 2.05) is 19.1 Å². The maximum atomic E-state index is 13.9. The van der Waals surface area contributed by atoms with Crippen molar-refractivity contribution in [3.8, 4) is 0 Å². The topological polar surface area (TPSA) is 309 Å². The molecule has 3 aliphatic rings. The molecule has 6 N–H and O–H groups in total. The van der Waals surface area contributed by atoms with Crippen molar-refractivity contribution in [1.29, 1.82) is 0 Å². The number of aliphatic hydroxyl groups is 1. The molecule has 3 aliphatic heterocycles. The molecular formula is C54H80ClFN6O17. The second-order valence-electron chi connectivity index (χ2n) is 21.0. The number of carboxylic acids is 1. The molecule has 23 nitrogen and oxygen atoms in total. The molecule has 5 rings (SSSR count). The van der Waals surface area contributed by atoms with Crippen LogP contribution < -0.4 is 16.4 Å². The number of hydrogen-bond donors (Lipinski definition) is 5. The standard InChI is InChI=1S/C26H33FN4O4.C13H21NO6.C13H23NO5.C2H3ClO2/c1-3-19-7-9-21(10-8-19)30-25(34)35-17-26(11-13-31(14-12-26)23(32)15-28)24(33)29-16-20-5-4-6-22(27)18(20)2;1-12(2,3)20-11(18)14-7-5-13(6-8-14,9(15)16)10(17)19-4;1-12(2,3)19-11(17)14-7-5-13(9-15,6-8-14)10(16)18-4;1-5-2(3)4/h4-10H,3,11-17,28H2,1-2H3,(H,29,33)(H,30,34);5-8H2,1-4H3,(H,15,16);15H,5-9H2,1-4H3;1H3. The van der Waals surface area contributed by atoms with Gasteiger partial charge in [-0.1, -0.05) is 31.2 Å². The third-order valence-electron chi connectivity index (χ3n) is 13.3. The smallest absolute Gasteiger partial charge is 0.411 e. The number of carboxylic acid groups (broad SMARTS) is 1. The van der Waals surface area contributed by atoms with E-state index in [0.29, 0.717) is 68.7 Å². The second kappa shape index (κ2) is 31.1. The number of nitrogens with zero attached hydrogens (tertiary/aromatic N) is 3. The van der Waals surface area contributed by atoms with E-state index in [0.717, 1.165) is 19.1 Å². The minimum atomic E-state index is -1.56. The van der Waals surface area contributed by atoms with Crippen molar-refractivity contribution in [3.05, 3.63) is 65.0 Å². The fraction of sp³-hybridized carbons (Fsp3) is 0.611. The first kappa shape index (κ1) is 68.3. The van der Waals surface area contributed by atoms with Gasteiger partial charge in [0.2, 0.25) is 11.8 Å². The number of aliphatic carboxylic acids is 1. The quantitative estimate of drug-likeness (QED) is 0.0651. The molecule has 442 valence electrons. The Morgan fingerprint density at radius 1 is 0.709 bits per heavy atom. The van der Waals surface area contributed by atoms with Crippen LogP contribution in [0, 0.1) is 29.0 Å². The van der Waals surface area contributed by atoms with E-state index < -0.39 is 63.0 Å². The highest BCUT2D eigenvalue weighted by atomic mass is 35.5. The van der Waals surface area contributed by atoms with Gasteiger partial charge in [-0.2, -0.15) is 0 Å². The predicted molar refractivity (Wildman–Crippen MR) is 287 cm³/mol.